The lowest BCUT2D eigenvalue weighted by atomic mass is 9.82. The Hall–Kier alpha value is -2.77. The molecule has 1 heterocycles. The van der Waals surface area contributed by atoms with Crippen molar-refractivity contribution < 1.29 is 19.7 Å². The molecule has 2 aromatic carbocycles. The van der Waals surface area contributed by atoms with Crippen LogP contribution in [0.1, 0.15) is 31.4 Å². The van der Waals surface area contributed by atoms with Gasteiger partial charge in [-0.05, 0) is 73.6 Å². The summed E-state index contributed by atoms with van der Waals surface area (Å²) in [6.07, 6.45) is 7.31. The second kappa shape index (κ2) is 12.3. The van der Waals surface area contributed by atoms with E-state index in [-0.39, 0.29) is 12.4 Å². The van der Waals surface area contributed by atoms with Crippen LogP contribution in [0.2, 0.25) is 0 Å². The van der Waals surface area contributed by atoms with Gasteiger partial charge in [0.2, 0.25) is 0 Å². The standard InChI is InChI=1S/C28H34N2O4S/c1-35-15-14-25-27(23-8-5-9-24(31)16-23)28(22-6-3-2-4-7-22)29-30(25)17-20-10-12-21(13-11-20)18-34-19-26(32)33/h2-9,16,20-21,31H,10-15,17-19H2,1H3,(H,32,33)/t20-,21-. The highest BCUT2D eigenvalue weighted by Gasteiger charge is 2.26. The maximum absolute atomic E-state index is 10.7. The zero-order valence-electron chi connectivity index (χ0n) is 20.2. The van der Waals surface area contributed by atoms with Crippen LogP contribution in [-0.4, -0.2) is 51.2 Å². The number of aliphatic carboxylic acids is 1. The average molecular weight is 495 g/mol. The van der Waals surface area contributed by atoms with E-state index in [0.29, 0.717) is 18.4 Å². The largest absolute Gasteiger partial charge is 0.508 e. The number of ether oxygens (including phenoxy) is 1. The number of carbonyl (C=O) groups is 1. The number of aromatic hydroxyl groups is 1. The number of phenols is 1. The number of carboxylic acid groups (broad SMARTS) is 1. The number of hydrogen-bond acceptors (Lipinski definition) is 5. The Balaban J connectivity index is 1.60. The van der Waals surface area contributed by atoms with Crippen molar-refractivity contribution in [2.75, 3.05) is 25.2 Å². The molecule has 1 aromatic heterocycles. The number of carboxylic acids is 1. The third-order valence-corrected chi connectivity index (χ3v) is 7.37. The van der Waals surface area contributed by atoms with Crippen LogP contribution in [0, 0.1) is 11.8 Å². The van der Waals surface area contributed by atoms with Crippen molar-refractivity contribution in [1.29, 1.82) is 0 Å². The van der Waals surface area contributed by atoms with Crippen molar-refractivity contribution in [1.82, 2.24) is 9.78 Å². The SMILES string of the molecule is CSCCc1c(-c2cccc(O)c2)c(-c2ccccc2)nn1C[C@H]1CC[C@H](COCC(=O)O)CC1. The van der Waals surface area contributed by atoms with Gasteiger partial charge >= 0.3 is 5.97 Å². The van der Waals surface area contributed by atoms with Gasteiger partial charge in [-0.2, -0.15) is 16.9 Å². The second-order valence-corrected chi connectivity index (χ2v) is 10.3. The van der Waals surface area contributed by atoms with E-state index >= 15 is 0 Å². The number of aromatic nitrogens is 2. The molecule has 3 aromatic rings. The lowest BCUT2D eigenvalue weighted by Gasteiger charge is -2.28. The number of rotatable bonds is 11. The fourth-order valence-corrected chi connectivity index (χ4v) is 5.40. The van der Waals surface area contributed by atoms with E-state index in [1.54, 1.807) is 6.07 Å². The molecular formula is C28H34N2O4S. The highest BCUT2D eigenvalue weighted by Crippen LogP contribution is 2.38. The molecule has 186 valence electrons. The summed E-state index contributed by atoms with van der Waals surface area (Å²) in [5.41, 5.74) is 5.36. The first-order valence-electron chi connectivity index (χ1n) is 12.3. The minimum atomic E-state index is -0.910. The average Bonchev–Trinajstić information content (AvgIpc) is 3.22. The molecule has 0 amide bonds. The van der Waals surface area contributed by atoms with Crippen molar-refractivity contribution in [2.45, 2.75) is 38.6 Å². The Bertz CT molecular complexity index is 1110. The Kier molecular flexibility index (Phi) is 8.88. The molecule has 2 N–H and O–H groups in total. The molecule has 0 saturated heterocycles. The van der Waals surface area contributed by atoms with Crippen molar-refractivity contribution >= 4 is 17.7 Å². The molecule has 35 heavy (non-hydrogen) atoms. The Labute approximate surface area is 211 Å². The molecule has 1 fully saturated rings. The molecule has 7 heteroatoms. The first-order valence-corrected chi connectivity index (χ1v) is 13.7. The first-order chi connectivity index (χ1) is 17.0. The summed E-state index contributed by atoms with van der Waals surface area (Å²) in [7, 11) is 0. The number of nitrogens with zero attached hydrogens (tertiary/aromatic N) is 2. The number of hydrogen-bond donors (Lipinski definition) is 2. The van der Waals surface area contributed by atoms with Crippen LogP contribution in [-0.2, 0) is 22.5 Å². The molecule has 0 aliphatic heterocycles. The van der Waals surface area contributed by atoms with E-state index in [0.717, 1.165) is 66.8 Å². The maximum Gasteiger partial charge on any atom is 0.329 e. The monoisotopic (exact) mass is 494 g/mol. The van der Waals surface area contributed by atoms with Gasteiger partial charge < -0.3 is 14.9 Å². The third-order valence-electron chi connectivity index (χ3n) is 6.76. The van der Waals surface area contributed by atoms with Crippen molar-refractivity contribution in [3.63, 3.8) is 0 Å². The minimum absolute atomic E-state index is 0.216. The van der Waals surface area contributed by atoms with Crippen LogP contribution in [0.25, 0.3) is 22.4 Å². The molecular weight excluding hydrogens is 460 g/mol. The summed E-state index contributed by atoms with van der Waals surface area (Å²) in [5.74, 6) is 1.31. The summed E-state index contributed by atoms with van der Waals surface area (Å²) < 4.78 is 7.55. The topological polar surface area (TPSA) is 84.6 Å². The predicted molar refractivity (Wildman–Crippen MR) is 141 cm³/mol. The highest BCUT2D eigenvalue weighted by atomic mass is 32.2. The lowest BCUT2D eigenvalue weighted by Crippen LogP contribution is -2.24. The van der Waals surface area contributed by atoms with Gasteiger partial charge in [0.05, 0.1) is 6.61 Å². The normalized spacial score (nSPS) is 18.0. The minimum Gasteiger partial charge on any atom is -0.508 e. The van der Waals surface area contributed by atoms with E-state index in [9.17, 15) is 9.90 Å². The van der Waals surface area contributed by atoms with Gasteiger partial charge in [-0.1, -0.05) is 42.5 Å². The molecule has 0 spiro atoms. The van der Waals surface area contributed by atoms with Crippen molar-refractivity contribution in [3.8, 4) is 28.1 Å². The third kappa shape index (κ3) is 6.67. The van der Waals surface area contributed by atoms with Gasteiger partial charge in [-0.3, -0.25) is 4.68 Å². The van der Waals surface area contributed by atoms with E-state index < -0.39 is 5.97 Å². The molecule has 1 aliphatic rings. The van der Waals surface area contributed by atoms with Crippen LogP contribution in [0.5, 0.6) is 5.75 Å². The summed E-state index contributed by atoms with van der Waals surface area (Å²) in [6.45, 7) is 1.18. The number of benzene rings is 2. The predicted octanol–water partition coefficient (Wildman–Crippen LogP) is 5.74. The zero-order chi connectivity index (χ0) is 24.6. The van der Waals surface area contributed by atoms with E-state index in [2.05, 4.69) is 29.1 Å². The summed E-state index contributed by atoms with van der Waals surface area (Å²) >= 11 is 1.83. The molecule has 1 aliphatic carbocycles. The van der Waals surface area contributed by atoms with Crippen molar-refractivity contribution in [3.05, 3.63) is 60.3 Å². The van der Waals surface area contributed by atoms with Gasteiger partial charge in [-0.15, -0.1) is 0 Å². The smallest absolute Gasteiger partial charge is 0.329 e. The molecule has 1 saturated carbocycles. The van der Waals surface area contributed by atoms with Crippen LogP contribution in [0.4, 0.5) is 0 Å². The van der Waals surface area contributed by atoms with E-state index in [4.69, 9.17) is 14.9 Å². The van der Waals surface area contributed by atoms with Crippen LogP contribution < -0.4 is 0 Å². The maximum atomic E-state index is 10.7. The molecule has 0 atom stereocenters. The molecule has 0 radical (unpaired) electrons. The zero-order valence-corrected chi connectivity index (χ0v) is 21.0. The van der Waals surface area contributed by atoms with Gasteiger partial charge in [-0.25, -0.2) is 4.79 Å². The summed E-state index contributed by atoms with van der Waals surface area (Å²) in [4.78, 5) is 10.7. The van der Waals surface area contributed by atoms with Gasteiger partial charge in [0.15, 0.2) is 0 Å². The van der Waals surface area contributed by atoms with E-state index in [1.165, 1.54) is 5.69 Å². The summed E-state index contributed by atoms with van der Waals surface area (Å²) in [5, 5.41) is 24.2. The Morgan fingerprint density at radius 2 is 1.77 bits per heavy atom. The lowest BCUT2D eigenvalue weighted by molar-refractivity contribution is -0.142. The Morgan fingerprint density at radius 3 is 2.46 bits per heavy atom. The number of phenolic OH excluding ortho intramolecular Hbond substituents is 1. The fraction of sp³-hybridized carbons (Fsp3) is 0.429. The van der Waals surface area contributed by atoms with Gasteiger partial charge in [0, 0.05) is 23.4 Å². The highest BCUT2D eigenvalue weighted by molar-refractivity contribution is 7.98. The number of thioether (sulfide) groups is 1. The molecule has 0 unspecified atom stereocenters. The van der Waals surface area contributed by atoms with Gasteiger partial charge in [0.25, 0.3) is 0 Å². The fourth-order valence-electron chi connectivity index (χ4n) is 5.00. The Morgan fingerprint density at radius 1 is 1.06 bits per heavy atom. The van der Waals surface area contributed by atoms with Crippen molar-refractivity contribution in [2.24, 2.45) is 11.8 Å². The van der Waals surface area contributed by atoms with E-state index in [1.807, 2.05) is 42.1 Å². The van der Waals surface area contributed by atoms with Crippen LogP contribution >= 0.6 is 11.8 Å². The quantitative estimate of drug-likeness (QED) is 0.354. The van der Waals surface area contributed by atoms with Crippen LogP contribution in [0.3, 0.4) is 0 Å². The molecule has 4 rings (SSSR count). The molecule has 0 bridgehead atoms. The van der Waals surface area contributed by atoms with Gasteiger partial charge in [0.1, 0.15) is 18.1 Å². The second-order valence-electron chi connectivity index (χ2n) is 9.31. The molecule has 6 nitrogen and oxygen atoms in total. The summed E-state index contributed by atoms with van der Waals surface area (Å²) in [6, 6.07) is 17.8. The first kappa shape index (κ1) is 25.3. The van der Waals surface area contributed by atoms with Crippen LogP contribution in [0.15, 0.2) is 54.6 Å².